The topological polar surface area (TPSA) is 237 Å². The van der Waals surface area contributed by atoms with Crippen molar-refractivity contribution >= 4 is 39.5 Å². The highest BCUT2D eigenvalue weighted by Gasteiger charge is 2.30. The zero-order valence-corrected chi connectivity index (χ0v) is 72.3. The van der Waals surface area contributed by atoms with Gasteiger partial charge in [-0.25, -0.2) is 9.13 Å². The molecule has 0 bridgehead atoms. The summed E-state index contributed by atoms with van der Waals surface area (Å²) in [6.45, 7) is 7.31. The van der Waals surface area contributed by atoms with Crippen LogP contribution in [0.15, 0.2) is 24.3 Å². The molecule has 3 unspecified atom stereocenters. The molecule has 6 atom stereocenters. The minimum absolute atomic E-state index is 0.0851. The van der Waals surface area contributed by atoms with E-state index < -0.39 is 97.5 Å². The lowest BCUT2D eigenvalue weighted by Crippen LogP contribution is -2.30. The lowest BCUT2D eigenvalue weighted by atomic mass is 9.99. The summed E-state index contributed by atoms with van der Waals surface area (Å²) in [6, 6.07) is 0. The van der Waals surface area contributed by atoms with Crippen LogP contribution in [0.5, 0.6) is 0 Å². The van der Waals surface area contributed by atoms with Crippen LogP contribution in [0.2, 0.25) is 0 Å². The second-order valence-corrected chi connectivity index (χ2v) is 34.5. The minimum atomic E-state index is -4.97. The second kappa shape index (κ2) is 81.1. The third kappa shape index (κ3) is 80.2. The molecule has 108 heavy (non-hydrogen) atoms. The first-order valence-electron chi connectivity index (χ1n) is 45.5. The molecule has 0 saturated carbocycles. The number of hydrogen-bond donors (Lipinski definition) is 3. The van der Waals surface area contributed by atoms with Gasteiger partial charge in [0.25, 0.3) is 0 Å². The van der Waals surface area contributed by atoms with Crippen molar-refractivity contribution in [3.8, 4) is 0 Å². The number of phosphoric acid groups is 2. The summed E-state index contributed by atoms with van der Waals surface area (Å²) in [5.41, 5.74) is 0. The smallest absolute Gasteiger partial charge is 0.462 e. The van der Waals surface area contributed by atoms with Crippen LogP contribution >= 0.6 is 15.6 Å². The van der Waals surface area contributed by atoms with Gasteiger partial charge < -0.3 is 33.8 Å². The molecule has 0 heterocycles. The Hall–Kier alpha value is -2.46. The van der Waals surface area contributed by atoms with Crippen molar-refractivity contribution in [2.75, 3.05) is 39.6 Å². The van der Waals surface area contributed by atoms with Gasteiger partial charge in [-0.2, -0.15) is 0 Å². The highest BCUT2D eigenvalue weighted by Crippen LogP contribution is 2.45. The second-order valence-electron chi connectivity index (χ2n) is 31.5. The van der Waals surface area contributed by atoms with Crippen LogP contribution in [0, 0.1) is 5.92 Å². The SMILES string of the molecule is CCCCCC/C=C\C=C/CCCCCCCC(=O)O[C@H](COC(=O)CCCCCCCCCCC(C)CC)COP(=O)(O)OC[C@H](O)COP(=O)(O)OC[C@@H](COC(=O)CCCCCCCCCCCCCCCCCCCCCC)OC(=O)CCCCCCCCCCCCCCCCCCCCCCC. The predicted molar refractivity (Wildman–Crippen MR) is 446 cm³/mol. The van der Waals surface area contributed by atoms with Gasteiger partial charge in [0.2, 0.25) is 0 Å². The average molecular weight is 1570 g/mol. The number of phosphoric ester groups is 2. The van der Waals surface area contributed by atoms with E-state index in [4.69, 9.17) is 37.0 Å². The van der Waals surface area contributed by atoms with Crippen LogP contribution < -0.4 is 0 Å². The van der Waals surface area contributed by atoms with Crippen LogP contribution in [0.1, 0.15) is 458 Å². The molecule has 0 amide bonds. The van der Waals surface area contributed by atoms with Crippen molar-refractivity contribution in [1.82, 2.24) is 0 Å². The normalized spacial score (nSPS) is 14.1. The van der Waals surface area contributed by atoms with E-state index in [1.54, 1.807) is 0 Å². The molecule has 0 aliphatic rings. The van der Waals surface area contributed by atoms with Crippen molar-refractivity contribution in [3.63, 3.8) is 0 Å². The lowest BCUT2D eigenvalue weighted by Gasteiger charge is -2.21. The molecule has 0 aliphatic carbocycles. The highest BCUT2D eigenvalue weighted by molar-refractivity contribution is 7.47. The third-order valence-corrected chi connectivity index (χ3v) is 22.7. The third-order valence-electron chi connectivity index (χ3n) is 20.8. The summed E-state index contributed by atoms with van der Waals surface area (Å²) in [6.07, 6.45) is 78.7. The van der Waals surface area contributed by atoms with Gasteiger partial charge in [-0.3, -0.25) is 37.3 Å². The van der Waals surface area contributed by atoms with Gasteiger partial charge in [0.15, 0.2) is 12.2 Å². The molecule has 0 radical (unpaired) electrons. The fourth-order valence-electron chi connectivity index (χ4n) is 13.4. The monoisotopic (exact) mass is 1570 g/mol. The summed E-state index contributed by atoms with van der Waals surface area (Å²) < 4.78 is 68.9. The van der Waals surface area contributed by atoms with E-state index in [9.17, 15) is 43.2 Å². The first-order valence-corrected chi connectivity index (χ1v) is 48.5. The standard InChI is InChI=1S/C89H170O17P2/c1-6-10-13-16-19-22-25-28-31-33-35-37-39-41-44-47-50-53-60-65-70-75-88(93)105-84(78-99-86(91)72-67-62-57-51-48-45-43-40-38-36-34-32-29-26-23-20-17-14-11-7-2)80-103-107(95,96)101-76-83(90)77-102-108(97,98)104-81-85(79-100-87(92)73-68-63-58-55-54-56-61-66-71-82(5)9-4)106-89(94)74-69-64-59-52-49-46-42-30-27-24-21-18-15-12-8-3/h24,27,30,42,82-85,90H,6-23,25-26,28-29,31-41,43-81H2,1-5H3,(H,95,96)(H,97,98)/b27-24-,42-30-/t82?,83-,84-,85-/m1/s1. The zero-order chi connectivity index (χ0) is 79.0. The largest absolute Gasteiger partial charge is 0.472 e. The van der Waals surface area contributed by atoms with Gasteiger partial charge in [-0.1, -0.05) is 406 Å². The molecule has 0 fully saturated rings. The maximum Gasteiger partial charge on any atom is 0.472 e. The molecule has 0 saturated heterocycles. The molecule has 19 heteroatoms. The van der Waals surface area contributed by atoms with E-state index >= 15 is 0 Å². The van der Waals surface area contributed by atoms with E-state index in [2.05, 4.69) is 58.9 Å². The van der Waals surface area contributed by atoms with Gasteiger partial charge in [-0.05, 0) is 57.3 Å². The summed E-state index contributed by atoms with van der Waals surface area (Å²) in [7, 11) is -9.94. The van der Waals surface area contributed by atoms with Crippen LogP contribution in [-0.4, -0.2) is 96.7 Å². The number of carbonyl (C=O) groups excluding carboxylic acids is 4. The number of esters is 4. The van der Waals surface area contributed by atoms with E-state index in [0.717, 1.165) is 109 Å². The highest BCUT2D eigenvalue weighted by atomic mass is 31.2. The maximum atomic E-state index is 13.2. The van der Waals surface area contributed by atoms with Gasteiger partial charge >= 0.3 is 39.5 Å². The first-order chi connectivity index (χ1) is 52.6. The maximum absolute atomic E-state index is 13.2. The molecule has 0 aromatic carbocycles. The number of aliphatic hydroxyl groups is 1. The van der Waals surface area contributed by atoms with E-state index in [1.807, 2.05) is 0 Å². The van der Waals surface area contributed by atoms with Gasteiger partial charge in [0, 0.05) is 25.7 Å². The Morgan fingerprint density at radius 3 is 0.787 bits per heavy atom. The predicted octanol–water partition coefficient (Wildman–Crippen LogP) is 27.1. The van der Waals surface area contributed by atoms with Gasteiger partial charge in [0.05, 0.1) is 26.4 Å². The Kier molecular flexibility index (Phi) is 79.3. The van der Waals surface area contributed by atoms with Crippen molar-refractivity contribution in [2.45, 2.75) is 477 Å². The summed E-state index contributed by atoms with van der Waals surface area (Å²) in [5, 5.41) is 10.7. The number of hydrogen-bond acceptors (Lipinski definition) is 15. The Morgan fingerprint density at radius 1 is 0.296 bits per heavy atom. The number of unbranched alkanes of at least 4 members (excludes halogenated alkanes) is 55. The fourth-order valence-corrected chi connectivity index (χ4v) is 15.0. The molecule has 0 rings (SSSR count). The van der Waals surface area contributed by atoms with Crippen LogP contribution in [0.3, 0.4) is 0 Å². The van der Waals surface area contributed by atoms with Crippen LogP contribution in [0.4, 0.5) is 0 Å². The fraction of sp³-hybridized carbons (Fsp3) is 0.910. The Morgan fingerprint density at radius 2 is 0.519 bits per heavy atom. The average Bonchev–Trinajstić information content (AvgIpc) is 0.899. The molecule has 17 nitrogen and oxygen atoms in total. The van der Waals surface area contributed by atoms with Gasteiger partial charge in [0.1, 0.15) is 19.3 Å². The number of aliphatic hydroxyl groups excluding tert-OH is 1. The number of allylic oxidation sites excluding steroid dienone is 4. The van der Waals surface area contributed by atoms with E-state index in [0.29, 0.717) is 25.7 Å². The van der Waals surface area contributed by atoms with E-state index in [1.165, 1.54) is 270 Å². The summed E-state index contributed by atoms with van der Waals surface area (Å²) >= 11 is 0. The molecule has 3 N–H and O–H groups in total. The zero-order valence-electron chi connectivity index (χ0n) is 70.5. The lowest BCUT2D eigenvalue weighted by molar-refractivity contribution is -0.161. The van der Waals surface area contributed by atoms with Crippen molar-refractivity contribution in [2.24, 2.45) is 5.92 Å². The Labute approximate surface area is 663 Å². The summed E-state index contributed by atoms with van der Waals surface area (Å²) in [5.74, 6) is -1.35. The number of rotatable bonds is 87. The van der Waals surface area contributed by atoms with Crippen LogP contribution in [-0.2, 0) is 65.4 Å². The Bertz CT molecular complexity index is 2150. The van der Waals surface area contributed by atoms with E-state index in [-0.39, 0.29) is 25.7 Å². The van der Waals surface area contributed by atoms with Crippen molar-refractivity contribution in [3.05, 3.63) is 24.3 Å². The van der Waals surface area contributed by atoms with Crippen molar-refractivity contribution in [1.29, 1.82) is 0 Å². The minimum Gasteiger partial charge on any atom is -0.462 e. The molecule has 0 aliphatic heterocycles. The molecule has 638 valence electrons. The molecular formula is C89H170O17P2. The molecule has 0 spiro atoms. The van der Waals surface area contributed by atoms with Crippen LogP contribution in [0.25, 0.3) is 0 Å². The first kappa shape index (κ1) is 106. The number of carbonyl (C=O) groups is 4. The molecular weight excluding hydrogens is 1400 g/mol. The quantitative estimate of drug-likeness (QED) is 0.0169. The van der Waals surface area contributed by atoms with Crippen molar-refractivity contribution < 1.29 is 80.2 Å². The summed E-state index contributed by atoms with van der Waals surface area (Å²) in [4.78, 5) is 73.3. The molecule has 0 aromatic rings. The van der Waals surface area contributed by atoms with Gasteiger partial charge in [-0.15, -0.1) is 0 Å². The Balaban J connectivity index is 5.27. The number of ether oxygens (including phenoxy) is 4. The molecule has 0 aromatic heterocycles.